The monoisotopic (exact) mass is 375 g/mol. The summed E-state index contributed by atoms with van der Waals surface area (Å²) in [7, 11) is 0. The van der Waals surface area contributed by atoms with E-state index < -0.39 is 18.0 Å². The van der Waals surface area contributed by atoms with E-state index in [1.807, 2.05) is 24.3 Å². The van der Waals surface area contributed by atoms with Crippen LogP contribution < -0.4 is 14.8 Å². The van der Waals surface area contributed by atoms with Gasteiger partial charge >= 0.3 is 5.97 Å². The molecule has 2 aromatic carbocycles. The minimum atomic E-state index is -0.974. The van der Waals surface area contributed by atoms with Crippen LogP contribution in [0, 0.1) is 0 Å². The maximum atomic E-state index is 12.3. The van der Waals surface area contributed by atoms with Gasteiger partial charge in [0.25, 0.3) is 5.91 Å². The van der Waals surface area contributed by atoms with E-state index in [0.717, 1.165) is 6.42 Å². The molecule has 6 nitrogen and oxygen atoms in total. The van der Waals surface area contributed by atoms with Gasteiger partial charge in [-0.05, 0) is 43.2 Å². The van der Waals surface area contributed by atoms with Crippen molar-refractivity contribution < 1.29 is 23.8 Å². The SMILES string of the molecule is CCc1ccc(NC(=O)C(C)OC(=O)c2cc(Cl)c3c(c2)OCO3)cc1. The van der Waals surface area contributed by atoms with Crippen LogP contribution in [0.25, 0.3) is 0 Å². The topological polar surface area (TPSA) is 73.9 Å². The van der Waals surface area contributed by atoms with Crippen molar-refractivity contribution >= 4 is 29.2 Å². The normalized spacial score (nSPS) is 13.2. The summed E-state index contributed by atoms with van der Waals surface area (Å²) < 4.78 is 15.6. The van der Waals surface area contributed by atoms with Crippen LogP contribution in [0.5, 0.6) is 11.5 Å². The molecule has 1 N–H and O–H groups in total. The third-order valence-electron chi connectivity index (χ3n) is 3.95. The lowest BCUT2D eigenvalue weighted by atomic mass is 10.1. The van der Waals surface area contributed by atoms with E-state index in [4.69, 9.17) is 25.8 Å². The van der Waals surface area contributed by atoms with Crippen LogP contribution >= 0.6 is 11.6 Å². The lowest BCUT2D eigenvalue weighted by Gasteiger charge is -2.14. The van der Waals surface area contributed by atoms with E-state index in [2.05, 4.69) is 12.2 Å². The van der Waals surface area contributed by atoms with Crippen LogP contribution in [0.1, 0.15) is 29.8 Å². The molecule has 0 saturated carbocycles. The Balaban J connectivity index is 1.63. The second-order valence-electron chi connectivity index (χ2n) is 5.78. The van der Waals surface area contributed by atoms with Gasteiger partial charge in [0.05, 0.1) is 10.6 Å². The fourth-order valence-corrected chi connectivity index (χ4v) is 2.70. The molecule has 0 spiro atoms. The highest BCUT2D eigenvalue weighted by Crippen LogP contribution is 2.39. The number of rotatable bonds is 5. The number of carbonyl (C=O) groups excluding carboxylic acids is 2. The van der Waals surface area contributed by atoms with Gasteiger partial charge in [0, 0.05) is 5.69 Å². The van der Waals surface area contributed by atoms with Crippen molar-refractivity contribution in [1.82, 2.24) is 0 Å². The Kier molecular flexibility index (Phi) is 5.32. The van der Waals surface area contributed by atoms with E-state index in [1.165, 1.54) is 24.6 Å². The fourth-order valence-electron chi connectivity index (χ4n) is 2.44. The Morgan fingerprint density at radius 2 is 1.96 bits per heavy atom. The molecule has 7 heteroatoms. The number of nitrogens with one attached hydrogen (secondary N) is 1. The molecule has 0 bridgehead atoms. The first-order valence-corrected chi connectivity index (χ1v) is 8.55. The zero-order valence-electron chi connectivity index (χ0n) is 14.4. The summed E-state index contributed by atoms with van der Waals surface area (Å²) in [5, 5.41) is 2.97. The van der Waals surface area contributed by atoms with Crippen molar-refractivity contribution in [2.75, 3.05) is 12.1 Å². The molecule has 0 aliphatic carbocycles. The smallest absolute Gasteiger partial charge is 0.339 e. The Labute approximate surface area is 156 Å². The third-order valence-corrected chi connectivity index (χ3v) is 4.23. The number of carbonyl (C=O) groups is 2. The highest BCUT2D eigenvalue weighted by molar-refractivity contribution is 6.32. The van der Waals surface area contributed by atoms with Gasteiger partial charge in [-0.3, -0.25) is 4.79 Å². The molecule has 1 amide bonds. The first-order valence-electron chi connectivity index (χ1n) is 8.18. The predicted octanol–water partition coefficient (Wildman–Crippen LogP) is 3.82. The highest BCUT2D eigenvalue weighted by atomic mass is 35.5. The van der Waals surface area contributed by atoms with Gasteiger partial charge in [0.15, 0.2) is 17.6 Å². The van der Waals surface area contributed by atoms with E-state index in [1.54, 1.807) is 0 Å². The molecule has 0 radical (unpaired) electrons. The summed E-state index contributed by atoms with van der Waals surface area (Å²) in [6.07, 6.45) is -0.0575. The van der Waals surface area contributed by atoms with Gasteiger partial charge in [-0.15, -0.1) is 0 Å². The molecule has 3 rings (SSSR count). The van der Waals surface area contributed by atoms with Gasteiger partial charge in [-0.25, -0.2) is 4.79 Å². The molecule has 1 atom stereocenters. The van der Waals surface area contributed by atoms with Crippen molar-refractivity contribution in [3.8, 4) is 11.5 Å². The van der Waals surface area contributed by atoms with Crippen molar-refractivity contribution in [2.45, 2.75) is 26.4 Å². The second-order valence-corrected chi connectivity index (χ2v) is 6.19. The number of fused-ring (bicyclic) bond motifs is 1. The summed E-state index contributed by atoms with van der Waals surface area (Å²) in [6.45, 7) is 3.60. The van der Waals surface area contributed by atoms with Crippen LogP contribution in [0.3, 0.4) is 0 Å². The summed E-state index contributed by atoms with van der Waals surface area (Å²) in [4.78, 5) is 24.5. The lowest BCUT2D eigenvalue weighted by Crippen LogP contribution is -2.30. The van der Waals surface area contributed by atoms with Crippen LogP contribution in [0.4, 0.5) is 5.69 Å². The number of hydrogen-bond acceptors (Lipinski definition) is 5. The summed E-state index contributed by atoms with van der Waals surface area (Å²) in [5.74, 6) is -0.328. The quantitative estimate of drug-likeness (QED) is 0.804. The first kappa shape index (κ1) is 18.1. The average Bonchev–Trinajstić information content (AvgIpc) is 3.11. The molecule has 1 heterocycles. The molecule has 1 aliphatic heterocycles. The summed E-state index contributed by atoms with van der Waals surface area (Å²) in [5.41, 5.74) is 1.99. The van der Waals surface area contributed by atoms with Gasteiger partial charge in [-0.1, -0.05) is 30.7 Å². The van der Waals surface area contributed by atoms with E-state index in [9.17, 15) is 9.59 Å². The number of amides is 1. The molecule has 0 saturated heterocycles. The molecule has 1 aliphatic rings. The number of hydrogen-bond donors (Lipinski definition) is 1. The van der Waals surface area contributed by atoms with Crippen LogP contribution in [-0.4, -0.2) is 24.8 Å². The average molecular weight is 376 g/mol. The standard InChI is InChI=1S/C19H18ClNO5/c1-3-12-4-6-14(7-5-12)21-18(22)11(2)26-19(23)13-8-15(20)17-16(9-13)24-10-25-17/h4-9,11H,3,10H2,1-2H3,(H,21,22). The molecule has 2 aromatic rings. The zero-order valence-corrected chi connectivity index (χ0v) is 15.1. The van der Waals surface area contributed by atoms with Gasteiger partial charge in [0.2, 0.25) is 6.79 Å². The highest BCUT2D eigenvalue weighted by Gasteiger charge is 2.24. The lowest BCUT2D eigenvalue weighted by molar-refractivity contribution is -0.123. The molecule has 136 valence electrons. The summed E-state index contributed by atoms with van der Waals surface area (Å²) in [6, 6.07) is 10.4. The van der Waals surface area contributed by atoms with Crippen molar-refractivity contribution in [1.29, 1.82) is 0 Å². The third kappa shape index (κ3) is 3.91. The fraction of sp³-hybridized carbons (Fsp3) is 0.263. The zero-order chi connectivity index (χ0) is 18.7. The number of benzene rings is 2. The number of anilines is 1. The summed E-state index contributed by atoms with van der Waals surface area (Å²) >= 11 is 6.06. The maximum Gasteiger partial charge on any atom is 0.339 e. The maximum absolute atomic E-state index is 12.3. The molecular weight excluding hydrogens is 358 g/mol. The molecular formula is C19H18ClNO5. The molecule has 26 heavy (non-hydrogen) atoms. The Morgan fingerprint density at radius 3 is 2.65 bits per heavy atom. The number of aryl methyl sites for hydroxylation is 1. The minimum absolute atomic E-state index is 0.0448. The van der Waals surface area contributed by atoms with Crippen LogP contribution in [0.15, 0.2) is 36.4 Å². The van der Waals surface area contributed by atoms with E-state index in [-0.39, 0.29) is 17.4 Å². The van der Waals surface area contributed by atoms with Gasteiger partial charge in [-0.2, -0.15) is 0 Å². The van der Waals surface area contributed by atoms with Crippen LogP contribution in [-0.2, 0) is 16.0 Å². The van der Waals surface area contributed by atoms with Crippen LogP contribution in [0.2, 0.25) is 5.02 Å². The Morgan fingerprint density at radius 1 is 1.23 bits per heavy atom. The number of halogens is 1. The van der Waals surface area contributed by atoms with Crippen molar-refractivity contribution in [3.63, 3.8) is 0 Å². The largest absolute Gasteiger partial charge is 0.454 e. The first-order chi connectivity index (χ1) is 12.5. The van der Waals surface area contributed by atoms with E-state index >= 15 is 0 Å². The van der Waals surface area contributed by atoms with E-state index in [0.29, 0.717) is 17.2 Å². The number of ether oxygens (including phenoxy) is 3. The van der Waals surface area contributed by atoms with Crippen molar-refractivity contribution in [3.05, 3.63) is 52.5 Å². The number of esters is 1. The minimum Gasteiger partial charge on any atom is -0.454 e. The Hall–Kier alpha value is -2.73. The predicted molar refractivity (Wildman–Crippen MR) is 96.9 cm³/mol. The van der Waals surface area contributed by atoms with Gasteiger partial charge in [0.1, 0.15) is 0 Å². The van der Waals surface area contributed by atoms with Crippen molar-refractivity contribution in [2.24, 2.45) is 0 Å². The van der Waals surface area contributed by atoms with Gasteiger partial charge < -0.3 is 19.5 Å². The molecule has 1 unspecified atom stereocenters. The molecule has 0 aromatic heterocycles. The second kappa shape index (κ2) is 7.66. The molecule has 0 fully saturated rings. The Bertz CT molecular complexity index is 835.